The van der Waals surface area contributed by atoms with Crippen LogP contribution in [0.1, 0.15) is 36.0 Å². The largest absolute Gasteiger partial charge is 0.345 e. The fourth-order valence-corrected chi connectivity index (χ4v) is 3.38. The Hall–Kier alpha value is -1.15. The predicted octanol–water partition coefficient (Wildman–Crippen LogP) is 1.02. The van der Waals surface area contributed by atoms with Crippen molar-refractivity contribution in [2.24, 2.45) is 5.73 Å². The van der Waals surface area contributed by atoms with E-state index in [1.165, 1.54) is 31.3 Å². The van der Waals surface area contributed by atoms with E-state index in [2.05, 4.69) is 10.0 Å². The van der Waals surface area contributed by atoms with Crippen LogP contribution in [-0.4, -0.2) is 33.5 Å². The molecule has 0 unspecified atom stereocenters. The molecule has 0 radical (unpaired) electrons. The summed E-state index contributed by atoms with van der Waals surface area (Å²) in [7, 11) is -2.13. The molecule has 0 spiro atoms. The van der Waals surface area contributed by atoms with Gasteiger partial charge in [0.1, 0.15) is 0 Å². The molecular weight excluding hydrogens is 326 g/mol. The lowest BCUT2D eigenvalue weighted by molar-refractivity contribution is 0.0903. The molecule has 4 N–H and O–H groups in total. The summed E-state index contributed by atoms with van der Waals surface area (Å²) in [6.45, 7) is 0.422. The van der Waals surface area contributed by atoms with Gasteiger partial charge in [-0.1, -0.05) is 12.8 Å². The lowest BCUT2D eigenvalue weighted by Crippen LogP contribution is -2.51. The van der Waals surface area contributed by atoms with Crippen molar-refractivity contribution in [3.8, 4) is 0 Å². The van der Waals surface area contributed by atoms with Crippen molar-refractivity contribution >= 4 is 28.3 Å². The maximum atomic E-state index is 12.3. The van der Waals surface area contributed by atoms with Gasteiger partial charge in [0.25, 0.3) is 5.91 Å². The highest BCUT2D eigenvalue weighted by molar-refractivity contribution is 7.89. The zero-order valence-corrected chi connectivity index (χ0v) is 14.1. The second kappa shape index (κ2) is 7.41. The number of benzene rings is 1. The summed E-state index contributed by atoms with van der Waals surface area (Å²) in [6.07, 6.45) is 3.91. The van der Waals surface area contributed by atoms with E-state index >= 15 is 0 Å². The minimum absolute atomic E-state index is 0. The van der Waals surface area contributed by atoms with Gasteiger partial charge in [-0.25, -0.2) is 13.1 Å². The van der Waals surface area contributed by atoms with E-state index in [0.717, 1.165) is 25.7 Å². The standard InChI is InChI=1S/C14H21N3O3S.ClH/c1-16-21(19,20)12-6-4-11(5-7-12)13(18)17-14(10-15)8-2-3-9-14;/h4-7,16H,2-3,8-10,15H2,1H3,(H,17,18);1H. The van der Waals surface area contributed by atoms with Crippen molar-refractivity contribution in [1.29, 1.82) is 0 Å². The molecule has 0 heterocycles. The van der Waals surface area contributed by atoms with Gasteiger partial charge in [-0.05, 0) is 44.2 Å². The molecule has 1 aromatic carbocycles. The van der Waals surface area contributed by atoms with Crippen LogP contribution in [0.25, 0.3) is 0 Å². The third-order valence-corrected chi connectivity index (χ3v) is 5.46. The zero-order chi connectivity index (χ0) is 15.5. The van der Waals surface area contributed by atoms with Gasteiger partial charge in [-0.3, -0.25) is 4.79 Å². The third-order valence-electron chi connectivity index (χ3n) is 4.03. The molecule has 1 amide bonds. The van der Waals surface area contributed by atoms with E-state index in [0.29, 0.717) is 12.1 Å². The van der Waals surface area contributed by atoms with Crippen molar-refractivity contribution in [1.82, 2.24) is 10.0 Å². The molecule has 0 bridgehead atoms. The molecule has 2 rings (SSSR count). The number of hydrogen-bond donors (Lipinski definition) is 3. The van der Waals surface area contributed by atoms with Gasteiger partial charge < -0.3 is 11.1 Å². The number of carbonyl (C=O) groups is 1. The first kappa shape index (κ1) is 18.9. The average Bonchev–Trinajstić information content (AvgIpc) is 2.96. The molecule has 124 valence electrons. The number of hydrogen-bond acceptors (Lipinski definition) is 4. The van der Waals surface area contributed by atoms with Crippen LogP contribution in [0.4, 0.5) is 0 Å². The quantitative estimate of drug-likeness (QED) is 0.740. The molecular formula is C14H22ClN3O3S. The van der Waals surface area contributed by atoms with Gasteiger partial charge in [-0.15, -0.1) is 12.4 Å². The Labute approximate surface area is 137 Å². The molecule has 1 saturated carbocycles. The van der Waals surface area contributed by atoms with Crippen molar-refractivity contribution < 1.29 is 13.2 Å². The van der Waals surface area contributed by atoms with Crippen LogP contribution in [0, 0.1) is 0 Å². The lowest BCUT2D eigenvalue weighted by Gasteiger charge is -2.28. The molecule has 0 aromatic heterocycles. The monoisotopic (exact) mass is 347 g/mol. The number of carbonyl (C=O) groups excluding carboxylic acids is 1. The van der Waals surface area contributed by atoms with E-state index in [1.54, 1.807) is 0 Å². The number of nitrogens with two attached hydrogens (primary N) is 1. The average molecular weight is 348 g/mol. The van der Waals surface area contributed by atoms with Crippen LogP contribution >= 0.6 is 12.4 Å². The molecule has 6 nitrogen and oxygen atoms in total. The zero-order valence-electron chi connectivity index (χ0n) is 12.5. The van der Waals surface area contributed by atoms with E-state index in [1.807, 2.05) is 0 Å². The first-order valence-corrected chi connectivity index (χ1v) is 8.47. The van der Waals surface area contributed by atoms with Crippen LogP contribution in [0.2, 0.25) is 0 Å². The van der Waals surface area contributed by atoms with Crippen molar-refractivity contribution in [3.05, 3.63) is 29.8 Å². The fraction of sp³-hybridized carbons (Fsp3) is 0.500. The molecule has 0 saturated heterocycles. The first-order valence-electron chi connectivity index (χ1n) is 6.99. The summed E-state index contributed by atoms with van der Waals surface area (Å²) >= 11 is 0. The highest BCUT2D eigenvalue weighted by atomic mass is 35.5. The molecule has 1 fully saturated rings. The van der Waals surface area contributed by atoms with E-state index in [-0.39, 0.29) is 28.7 Å². The summed E-state index contributed by atoms with van der Waals surface area (Å²) in [5.41, 5.74) is 5.91. The fourth-order valence-electron chi connectivity index (χ4n) is 2.65. The van der Waals surface area contributed by atoms with E-state index in [4.69, 9.17) is 5.73 Å². The van der Waals surface area contributed by atoms with Gasteiger partial charge >= 0.3 is 0 Å². The van der Waals surface area contributed by atoms with Gasteiger partial charge in [0.15, 0.2) is 0 Å². The lowest BCUT2D eigenvalue weighted by atomic mass is 9.97. The Balaban J connectivity index is 0.00000242. The topological polar surface area (TPSA) is 101 Å². The van der Waals surface area contributed by atoms with Crippen molar-refractivity contribution in [2.75, 3.05) is 13.6 Å². The maximum Gasteiger partial charge on any atom is 0.251 e. The maximum absolute atomic E-state index is 12.3. The number of amides is 1. The van der Waals surface area contributed by atoms with Crippen molar-refractivity contribution in [2.45, 2.75) is 36.1 Å². The van der Waals surface area contributed by atoms with E-state index < -0.39 is 10.0 Å². The summed E-state index contributed by atoms with van der Waals surface area (Å²) < 4.78 is 25.5. The summed E-state index contributed by atoms with van der Waals surface area (Å²) in [5, 5.41) is 3.00. The molecule has 1 aliphatic rings. The van der Waals surface area contributed by atoms with Gasteiger partial charge in [0.2, 0.25) is 10.0 Å². The number of sulfonamides is 1. The molecule has 1 aromatic rings. The second-order valence-corrected chi connectivity index (χ2v) is 7.26. The first-order chi connectivity index (χ1) is 9.92. The highest BCUT2D eigenvalue weighted by Crippen LogP contribution is 2.29. The number of rotatable bonds is 5. The minimum atomic E-state index is -3.48. The predicted molar refractivity (Wildman–Crippen MR) is 87.7 cm³/mol. The third kappa shape index (κ3) is 3.98. The Morgan fingerprint density at radius 2 is 1.77 bits per heavy atom. The second-order valence-electron chi connectivity index (χ2n) is 5.38. The van der Waals surface area contributed by atoms with E-state index in [9.17, 15) is 13.2 Å². The normalized spacial score (nSPS) is 16.8. The molecule has 8 heteroatoms. The highest BCUT2D eigenvalue weighted by Gasteiger charge is 2.34. The Kier molecular flexibility index (Phi) is 6.37. The van der Waals surface area contributed by atoms with Gasteiger partial charge in [0.05, 0.1) is 10.4 Å². The van der Waals surface area contributed by atoms with Gasteiger partial charge in [-0.2, -0.15) is 0 Å². The van der Waals surface area contributed by atoms with Crippen molar-refractivity contribution in [3.63, 3.8) is 0 Å². The molecule has 1 aliphatic carbocycles. The SMILES string of the molecule is CNS(=O)(=O)c1ccc(C(=O)NC2(CN)CCCC2)cc1.Cl. The van der Waals surface area contributed by atoms with Crippen LogP contribution in [0.3, 0.4) is 0 Å². The molecule has 0 atom stereocenters. The smallest absolute Gasteiger partial charge is 0.251 e. The number of halogens is 1. The van der Waals surface area contributed by atoms with Crippen LogP contribution in [0.5, 0.6) is 0 Å². The summed E-state index contributed by atoms with van der Waals surface area (Å²) in [4.78, 5) is 12.4. The van der Waals surface area contributed by atoms with Crippen LogP contribution in [0.15, 0.2) is 29.2 Å². The Morgan fingerprint density at radius 3 is 2.23 bits per heavy atom. The molecule has 22 heavy (non-hydrogen) atoms. The Morgan fingerprint density at radius 1 is 1.23 bits per heavy atom. The Bertz CT molecular complexity index is 611. The summed E-state index contributed by atoms with van der Waals surface area (Å²) in [6, 6.07) is 5.87. The number of nitrogens with one attached hydrogen (secondary N) is 2. The summed E-state index contributed by atoms with van der Waals surface area (Å²) in [5.74, 6) is -0.212. The van der Waals surface area contributed by atoms with Gasteiger partial charge in [0, 0.05) is 12.1 Å². The minimum Gasteiger partial charge on any atom is -0.345 e. The molecule has 0 aliphatic heterocycles. The van der Waals surface area contributed by atoms with Crippen LogP contribution < -0.4 is 15.8 Å². The van der Waals surface area contributed by atoms with Crippen LogP contribution in [-0.2, 0) is 10.0 Å².